The molecule has 1 aliphatic heterocycles. The molecule has 4 rings (SSSR count). The van der Waals surface area contributed by atoms with Gasteiger partial charge in [0.15, 0.2) is 12.3 Å². The summed E-state index contributed by atoms with van der Waals surface area (Å²) < 4.78 is 7.06. The molecule has 7 nitrogen and oxygen atoms in total. The van der Waals surface area contributed by atoms with Crippen LogP contribution in [0, 0.1) is 20.8 Å². The molecule has 3 aromatic rings. The molecule has 4 heterocycles. The van der Waals surface area contributed by atoms with Gasteiger partial charge in [-0.1, -0.05) is 0 Å². The number of carbonyl (C=O) groups is 2. The van der Waals surface area contributed by atoms with Crippen molar-refractivity contribution < 1.29 is 14.3 Å². The van der Waals surface area contributed by atoms with Gasteiger partial charge in [-0.05, 0) is 56.2 Å². The first kappa shape index (κ1) is 19.6. The Morgan fingerprint density at radius 2 is 2.10 bits per heavy atom. The molecule has 0 aromatic carbocycles. The van der Waals surface area contributed by atoms with Crippen molar-refractivity contribution in [3.63, 3.8) is 0 Å². The molecular formula is C21H24N4O3S. The second kappa shape index (κ2) is 7.94. The minimum absolute atomic E-state index is 0.141. The topological polar surface area (TPSA) is 76.8 Å². The molecule has 1 amide bonds. The molecule has 0 bridgehead atoms. The van der Waals surface area contributed by atoms with Crippen LogP contribution in [0.25, 0.3) is 5.65 Å². The third-order valence-corrected chi connectivity index (χ3v) is 6.41. The normalized spacial score (nSPS) is 13.6. The standard InChI is InChI=1S/C21H24N4O3S/c1-13-10-19-22-14(2)17(15(3)25(19)23-13)4-5-21(27)28-12-20(26)24-8-6-18-16(11-24)7-9-29-18/h7,9-10H,4-6,8,11-12H2,1-3H3. The predicted molar refractivity (Wildman–Crippen MR) is 110 cm³/mol. The van der Waals surface area contributed by atoms with E-state index in [1.807, 2.05) is 31.4 Å². The maximum Gasteiger partial charge on any atom is 0.306 e. The van der Waals surface area contributed by atoms with Crippen LogP contribution in [0.5, 0.6) is 0 Å². The van der Waals surface area contributed by atoms with Gasteiger partial charge in [0.25, 0.3) is 5.91 Å². The quantitative estimate of drug-likeness (QED) is 0.602. The summed E-state index contributed by atoms with van der Waals surface area (Å²) in [6.07, 6.45) is 1.58. The first-order valence-electron chi connectivity index (χ1n) is 9.73. The monoisotopic (exact) mass is 412 g/mol. The number of aryl methyl sites for hydroxylation is 3. The zero-order valence-corrected chi connectivity index (χ0v) is 17.7. The Morgan fingerprint density at radius 1 is 1.28 bits per heavy atom. The Bertz CT molecular complexity index is 1090. The number of fused-ring (bicyclic) bond motifs is 2. The maximum absolute atomic E-state index is 12.4. The van der Waals surface area contributed by atoms with Gasteiger partial charge in [-0.2, -0.15) is 5.10 Å². The Balaban J connectivity index is 1.31. The van der Waals surface area contributed by atoms with Crippen molar-refractivity contribution in [3.8, 4) is 0 Å². The van der Waals surface area contributed by atoms with E-state index >= 15 is 0 Å². The molecule has 152 valence electrons. The van der Waals surface area contributed by atoms with Gasteiger partial charge < -0.3 is 9.64 Å². The van der Waals surface area contributed by atoms with Gasteiger partial charge in [0.05, 0.1) is 5.69 Å². The Kier molecular flexibility index (Phi) is 5.36. The summed E-state index contributed by atoms with van der Waals surface area (Å²) >= 11 is 1.73. The lowest BCUT2D eigenvalue weighted by Gasteiger charge is -2.26. The first-order chi connectivity index (χ1) is 13.9. The van der Waals surface area contributed by atoms with Crippen molar-refractivity contribution in [2.75, 3.05) is 13.2 Å². The van der Waals surface area contributed by atoms with E-state index in [-0.39, 0.29) is 24.9 Å². The van der Waals surface area contributed by atoms with E-state index in [9.17, 15) is 9.59 Å². The van der Waals surface area contributed by atoms with Gasteiger partial charge in [-0.15, -0.1) is 11.3 Å². The molecule has 0 N–H and O–H groups in total. The largest absolute Gasteiger partial charge is 0.456 e. The second-order valence-corrected chi connectivity index (χ2v) is 8.41. The van der Waals surface area contributed by atoms with E-state index in [0.717, 1.165) is 34.7 Å². The number of thiophene rings is 1. The number of rotatable bonds is 5. The van der Waals surface area contributed by atoms with Crippen LogP contribution in [-0.2, 0) is 33.7 Å². The third-order valence-electron chi connectivity index (χ3n) is 5.38. The maximum atomic E-state index is 12.4. The van der Waals surface area contributed by atoms with Crippen LogP contribution in [0.2, 0.25) is 0 Å². The molecule has 29 heavy (non-hydrogen) atoms. The van der Waals surface area contributed by atoms with Crippen LogP contribution in [0.3, 0.4) is 0 Å². The molecule has 0 saturated heterocycles. The first-order valence-corrected chi connectivity index (χ1v) is 10.6. The van der Waals surface area contributed by atoms with Crippen molar-refractivity contribution >= 4 is 28.9 Å². The highest BCUT2D eigenvalue weighted by Crippen LogP contribution is 2.24. The van der Waals surface area contributed by atoms with Gasteiger partial charge >= 0.3 is 5.97 Å². The van der Waals surface area contributed by atoms with E-state index in [1.165, 1.54) is 10.4 Å². The summed E-state index contributed by atoms with van der Waals surface area (Å²) in [7, 11) is 0. The number of hydrogen-bond donors (Lipinski definition) is 0. The van der Waals surface area contributed by atoms with E-state index in [0.29, 0.717) is 19.5 Å². The van der Waals surface area contributed by atoms with Crippen LogP contribution in [0.4, 0.5) is 0 Å². The molecule has 1 aliphatic rings. The fourth-order valence-corrected chi connectivity index (χ4v) is 4.69. The molecular weight excluding hydrogens is 388 g/mol. The second-order valence-electron chi connectivity index (χ2n) is 7.41. The summed E-state index contributed by atoms with van der Waals surface area (Å²) in [4.78, 5) is 32.3. The minimum atomic E-state index is -0.373. The van der Waals surface area contributed by atoms with E-state index in [4.69, 9.17) is 4.74 Å². The summed E-state index contributed by atoms with van der Waals surface area (Å²) in [5.41, 5.74) is 5.77. The summed E-state index contributed by atoms with van der Waals surface area (Å²) in [5, 5.41) is 6.51. The van der Waals surface area contributed by atoms with Crippen molar-refractivity contribution in [3.05, 3.63) is 50.6 Å². The molecule has 0 aliphatic carbocycles. The summed E-state index contributed by atoms with van der Waals surface area (Å²) in [5.74, 6) is -0.514. The molecule has 0 spiro atoms. The lowest BCUT2D eigenvalue weighted by atomic mass is 10.1. The molecule has 0 fully saturated rings. The number of nitrogens with zero attached hydrogens (tertiary/aromatic N) is 4. The van der Waals surface area contributed by atoms with Gasteiger partial charge in [0.1, 0.15) is 0 Å². The van der Waals surface area contributed by atoms with Crippen molar-refractivity contribution in [1.82, 2.24) is 19.5 Å². The van der Waals surface area contributed by atoms with Crippen LogP contribution in [0.1, 0.15) is 39.5 Å². The van der Waals surface area contributed by atoms with E-state index in [1.54, 1.807) is 16.2 Å². The fourth-order valence-electron chi connectivity index (χ4n) is 3.80. The summed E-state index contributed by atoms with van der Waals surface area (Å²) in [6.45, 7) is 6.92. The molecule has 8 heteroatoms. The SMILES string of the molecule is Cc1cc2nc(C)c(CCC(=O)OCC(=O)N3CCc4sccc4C3)c(C)n2n1. The zero-order chi connectivity index (χ0) is 20.5. The van der Waals surface area contributed by atoms with Gasteiger partial charge in [0.2, 0.25) is 0 Å². The predicted octanol–water partition coefficient (Wildman–Crippen LogP) is 2.78. The van der Waals surface area contributed by atoms with Crippen LogP contribution in [-0.4, -0.2) is 44.5 Å². The molecule has 0 saturated carbocycles. The van der Waals surface area contributed by atoms with Crippen LogP contribution in [0.15, 0.2) is 17.5 Å². The number of esters is 1. The highest BCUT2D eigenvalue weighted by molar-refractivity contribution is 7.10. The molecule has 0 atom stereocenters. The lowest BCUT2D eigenvalue weighted by molar-refractivity contribution is -0.152. The smallest absolute Gasteiger partial charge is 0.306 e. The number of hydrogen-bond acceptors (Lipinski definition) is 6. The third kappa shape index (κ3) is 4.03. The average molecular weight is 413 g/mol. The minimum Gasteiger partial charge on any atom is -0.456 e. The molecule has 0 unspecified atom stereocenters. The Labute approximate surface area is 173 Å². The fraction of sp³-hybridized carbons (Fsp3) is 0.429. The average Bonchev–Trinajstić information content (AvgIpc) is 3.31. The van der Waals surface area contributed by atoms with E-state index < -0.39 is 0 Å². The van der Waals surface area contributed by atoms with Crippen molar-refractivity contribution in [1.29, 1.82) is 0 Å². The van der Waals surface area contributed by atoms with Crippen molar-refractivity contribution in [2.45, 2.75) is 46.6 Å². The highest BCUT2D eigenvalue weighted by Gasteiger charge is 2.22. The van der Waals surface area contributed by atoms with Gasteiger partial charge in [-0.3, -0.25) is 9.59 Å². The Hall–Kier alpha value is -2.74. The van der Waals surface area contributed by atoms with Crippen LogP contribution >= 0.6 is 11.3 Å². The lowest BCUT2D eigenvalue weighted by Crippen LogP contribution is -2.38. The Morgan fingerprint density at radius 3 is 2.93 bits per heavy atom. The zero-order valence-electron chi connectivity index (χ0n) is 16.9. The number of amides is 1. The number of aromatic nitrogens is 3. The van der Waals surface area contributed by atoms with E-state index in [2.05, 4.69) is 21.5 Å². The molecule has 0 radical (unpaired) electrons. The number of carbonyl (C=O) groups excluding carboxylic acids is 2. The molecule has 3 aromatic heterocycles. The van der Waals surface area contributed by atoms with Crippen molar-refractivity contribution in [2.24, 2.45) is 0 Å². The van der Waals surface area contributed by atoms with Crippen LogP contribution < -0.4 is 0 Å². The van der Waals surface area contributed by atoms with Gasteiger partial charge in [0, 0.05) is 41.8 Å². The summed E-state index contributed by atoms with van der Waals surface area (Å²) in [6, 6.07) is 3.99. The number of ether oxygens (including phenoxy) is 1. The van der Waals surface area contributed by atoms with Gasteiger partial charge in [-0.25, -0.2) is 9.50 Å². The highest BCUT2D eigenvalue weighted by atomic mass is 32.1.